The topological polar surface area (TPSA) is 75.5 Å². The van der Waals surface area contributed by atoms with Crippen LogP contribution in [-0.4, -0.2) is 26.7 Å². The normalized spacial score (nSPS) is 11.4. The van der Waals surface area contributed by atoms with Crippen LogP contribution in [0.3, 0.4) is 0 Å². The first-order chi connectivity index (χ1) is 12.3. The van der Waals surface area contributed by atoms with E-state index in [1.807, 2.05) is 20.8 Å². The third-order valence-corrected chi connectivity index (χ3v) is 3.58. The first-order valence-corrected chi connectivity index (χ1v) is 8.12. The second-order valence-electron chi connectivity index (χ2n) is 6.88. The number of anilines is 1. The number of imidazole rings is 1. The van der Waals surface area contributed by atoms with Crippen LogP contribution in [0.5, 0.6) is 0 Å². The summed E-state index contributed by atoms with van der Waals surface area (Å²) in [6.07, 6.45) is 1.65. The predicted octanol–water partition coefficient (Wildman–Crippen LogP) is 3.25. The first kappa shape index (κ1) is 17.6. The summed E-state index contributed by atoms with van der Waals surface area (Å²) in [5.41, 5.74) is 0.108. The molecule has 0 radical (unpaired) electrons. The molecule has 0 saturated carbocycles. The highest BCUT2D eigenvalue weighted by Crippen LogP contribution is 2.18. The van der Waals surface area contributed by atoms with Crippen LogP contribution in [0.4, 0.5) is 10.1 Å². The van der Waals surface area contributed by atoms with Crippen molar-refractivity contribution in [3.8, 4) is 0 Å². The molecule has 0 bridgehead atoms. The number of pyridine rings is 1. The van der Waals surface area contributed by atoms with E-state index in [9.17, 15) is 14.0 Å². The average Bonchev–Trinajstić information content (AvgIpc) is 2.95. The largest absolute Gasteiger partial charge is 0.345 e. The molecule has 7 heteroatoms. The van der Waals surface area contributed by atoms with Crippen molar-refractivity contribution in [3.63, 3.8) is 0 Å². The van der Waals surface area contributed by atoms with Crippen LogP contribution in [0.15, 0.2) is 48.7 Å². The van der Waals surface area contributed by atoms with Gasteiger partial charge in [-0.1, -0.05) is 18.2 Å². The Bertz CT molecular complexity index is 989. The lowest BCUT2D eigenvalue weighted by molar-refractivity contribution is 0.0908. The lowest BCUT2D eigenvalue weighted by Gasteiger charge is -2.19. The summed E-state index contributed by atoms with van der Waals surface area (Å²) in [5, 5.41) is 5.32. The molecule has 1 aromatic carbocycles. The summed E-state index contributed by atoms with van der Waals surface area (Å²) < 4.78 is 15.3. The van der Waals surface area contributed by atoms with Gasteiger partial charge in [0.25, 0.3) is 11.8 Å². The van der Waals surface area contributed by atoms with Crippen LogP contribution < -0.4 is 10.6 Å². The first-order valence-electron chi connectivity index (χ1n) is 8.12. The monoisotopic (exact) mass is 354 g/mol. The van der Waals surface area contributed by atoms with Crippen LogP contribution in [0, 0.1) is 5.82 Å². The van der Waals surface area contributed by atoms with Crippen LogP contribution in [-0.2, 0) is 0 Å². The van der Waals surface area contributed by atoms with E-state index in [0.717, 1.165) is 0 Å². The molecule has 0 aliphatic heterocycles. The third-order valence-electron chi connectivity index (χ3n) is 3.58. The van der Waals surface area contributed by atoms with E-state index in [0.29, 0.717) is 5.52 Å². The Balaban J connectivity index is 2.00. The maximum absolute atomic E-state index is 13.8. The number of fused-ring (bicyclic) bond motifs is 1. The Morgan fingerprint density at radius 1 is 1.04 bits per heavy atom. The van der Waals surface area contributed by atoms with E-state index in [1.54, 1.807) is 30.5 Å². The molecule has 26 heavy (non-hydrogen) atoms. The number of benzene rings is 1. The number of carbonyl (C=O) groups is 2. The third kappa shape index (κ3) is 3.56. The molecule has 0 aliphatic rings. The number of hydrogen-bond acceptors (Lipinski definition) is 3. The Morgan fingerprint density at radius 2 is 1.73 bits per heavy atom. The van der Waals surface area contributed by atoms with Crippen LogP contribution in [0.1, 0.15) is 41.9 Å². The van der Waals surface area contributed by atoms with Gasteiger partial charge >= 0.3 is 0 Å². The molecule has 3 rings (SSSR count). The quantitative estimate of drug-likeness (QED) is 0.758. The molecule has 2 aromatic heterocycles. The lowest BCUT2D eigenvalue weighted by Crippen LogP contribution is -2.41. The average molecular weight is 354 g/mol. The van der Waals surface area contributed by atoms with Gasteiger partial charge in [-0.3, -0.25) is 14.0 Å². The summed E-state index contributed by atoms with van der Waals surface area (Å²) in [4.78, 5) is 29.4. The molecular formula is C19H19FN4O2. The molecular weight excluding hydrogens is 335 g/mol. The highest BCUT2D eigenvalue weighted by atomic mass is 19.1. The van der Waals surface area contributed by atoms with Crippen molar-refractivity contribution >= 4 is 23.0 Å². The van der Waals surface area contributed by atoms with Gasteiger partial charge in [0.05, 0.1) is 11.2 Å². The molecule has 0 unspecified atom stereocenters. The molecule has 2 heterocycles. The molecule has 2 amide bonds. The van der Waals surface area contributed by atoms with Crippen molar-refractivity contribution in [1.82, 2.24) is 14.7 Å². The minimum atomic E-state index is -0.589. The van der Waals surface area contributed by atoms with Gasteiger partial charge in [-0.2, -0.15) is 0 Å². The molecule has 134 valence electrons. The van der Waals surface area contributed by atoms with Gasteiger partial charge in [0.1, 0.15) is 5.82 Å². The molecule has 0 saturated heterocycles. The Kier molecular flexibility index (Phi) is 4.46. The lowest BCUT2D eigenvalue weighted by atomic mass is 10.1. The zero-order valence-corrected chi connectivity index (χ0v) is 14.7. The van der Waals surface area contributed by atoms with Gasteiger partial charge in [-0.15, -0.1) is 0 Å². The smallest absolute Gasteiger partial charge is 0.288 e. The number of hydrogen-bond donors (Lipinski definition) is 2. The number of nitrogens with zero attached hydrogens (tertiary/aromatic N) is 2. The fraction of sp³-hybridized carbons (Fsp3) is 0.211. The molecule has 0 spiro atoms. The minimum absolute atomic E-state index is 0.0490. The van der Waals surface area contributed by atoms with Crippen molar-refractivity contribution in [1.29, 1.82) is 0 Å². The van der Waals surface area contributed by atoms with Crippen molar-refractivity contribution in [3.05, 3.63) is 66.0 Å². The zero-order valence-electron chi connectivity index (χ0n) is 14.7. The van der Waals surface area contributed by atoms with E-state index in [2.05, 4.69) is 15.6 Å². The number of carbonyl (C=O) groups excluding carboxylic acids is 2. The summed E-state index contributed by atoms with van der Waals surface area (Å²) in [5.74, 6) is -1.44. The summed E-state index contributed by atoms with van der Waals surface area (Å²) >= 11 is 0. The summed E-state index contributed by atoms with van der Waals surface area (Å²) in [7, 11) is 0. The second kappa shape index (κ2) is 6.59. The van der Waals surface area contributed by atoms with Crippen molar-refractivity contribution in [2.45, 2.75) is 26.3 Å². The number of amides is 2. The number of rotatable bonds is 3. The van der Waals surface area contributed by atoms with Gasteiger partial charge in [0.15, 0.2) is 5.69 Å². The van der Waals surface area contributed by atoms with E-state index < -0.39 is 23.2 Å². The molecule has 0 aliphatic carbocycles. The number of halogens is 1. The Labute approximate surface area is 150 Å². The fourth-order valence-electron chi connectivity index (χ4n) is 2.51. The summed E-state index contributed by atoms with van der Waals surface area (Å²) in [6, 6.07) is 11.0. The van der Waals surface area contributed by atoms with Crippen LogP contribution in [0.25, 0.3) is 5.52 Å². The Hall–Kier alpha value is -3.22. The maximum Gasteiger partial charge on any atom is 0.288 e. The van der Waals surface area contributed by atoms with E-state index in [4.69, 9.17) is 0 Å². The maximum atomic E-state index is 13.8. The zero-order chi connectivity index (χ0) is 18.9. The summed E-state index contributed by atoms with van der Waals surface area (Å²) in [6.45, 7) is 5.56. The van der Waals surface area contributed by atoms with Crippen LogP contribution in [0.2, 0.25) is 0 Å². The SMILES string of the molecule is CC(C)(C)NC(=O)c1nc(C(=O)Nc2ccccc2F)c2ccccn12. The Morgan fingerprint density at radius 3 is 2.42 bits per heavy atom. The van der Waals surface area contributed by atoms with Crippen LogP contribution >= 0.6 is 0 Å². The van der Waals surface area contributed by atoms with E-state index in [1.165, 1.54) is 22.6 Å². The molecule has 0 fully saturated rings. The van der Waals surface area contributed by atoms with Crippen molar-refractivity contribution in [2.24, 2.45) is 0 Å². The molecule has 3 aromatic rings. The van der Waals surface area contributed by atoms with Gasteiger partial charge in [0.2, 0.25) is 5.82 Å². The molecule has 0 atom stereocenters. The van der Waals surface area contributed by atoms with E-state index >= 15 is 0 Å². The van der Waals surface area contributed by atoms with Crippen molar-refractivity contribution in [2.75, 3.05) is 5.32 Å². The van der Waals surface area contributed by atoms with Gasteiger partial charge < -0.3 is 10.6 Å². The van der Waals surface area contributed by atoms with Gasteiger partial charge in [-0.25, -0.2) is 9.37 Å². The predicted molar refractivity (Wildman–Crippen MR) is 96.8 cm³/mol. The highest BCUT2D eigenvalue weighted by molar-refractivity contribution is 6.09. The van der Waals surface area contributed by atoms with Gasteiger partial charge in [0, 0.05) is 11.7 Å². The molecule has 2 N–H and O–H groups in total. The number of aromatic nitrogens is 2. The van der Waals surface area contributed by atoms with E-state index in [-0.39, 0.29) is 17.2 Å². The molecule has 6 nitrogen and oxygen atoms in total. The van der Waals surface area contributed by atoms with Crippen molar-refractivity contribution < 1.29 is 14.0 Å². The number of nitrogens with one attached hydrogen (secondary N) is 2. The highest BCUT2D eigenvalue weighted by Gasteiger charge is 2.24. The standard InChI is InChI=1S/C19H19FN4O2/c1-19(2,3)23-18(26)16-22-15(14-10-6-7-11-24(14)16)17(25)21-13-9-5-4-8-12(13)20/h4-11H,1-3H3,(H,21,25)(H,23,26). The second-order valence-corrected chi connectivity index (χ2v) is 6.88. The number of para-hydroxylation sites is 1. The van der Waals surface area contributed by atoms with Gasteiger partial charge in [-0.05, 0) is 45.0 Å². The minimum Gasteiger partial charge on any atom is -0.345 e. The fourth-order valence-corrected chi connectivity index (χ4v) is 2.51.